The number of rotatable bonds is 2. The van der Waals surface area contributed by atoms with Crippen LogP contribution in [0.5, 0.6) is 0 Å². The second kappa shape index (κ2) is 7.40. The average Bonchev–Trinajstić information content (AvgIpc) is 2.94. The molecular weight excluding hydrogens is 374 g/mol. The van der Waals surface area contributed by atoms with E-state index in [4.69, 9.17) is 16.3 Å². The van der Waals surface area contributed by atoms with Crippen LogP contribution < -0.4 is 5.32 Å². The molecule has 2 aromatic rings. The van der Waals surface area contributed by atoms with Gasteiger partial charge in [0.1, 0.15) is 11.6 Å². The fourth-order valence-electron chi connectivity index (χ4n) is 2.89. The highest BCUT2D eigenvalue weighted by molar-refractivity contribution is 7.22. The highest BCUT2D eigenvalue weighted by atomic mass is 35.5. The molecule has 6 nitrogen and oxygen atoms in total. The molecule has 1 aliphatic heterocycles. The fraction of sp³-hybridized carbons (Fsp3) is 0.500. The number of carbonyl (C=O) groups is 2. The van der Waals surface area contributed by atoms with Crippen LogP contribution in [-0.2, 0) is 9.53 Å². The summed E-state index contributed by atoms with van der Waals surface area (Å²) in [6.45, 7) is 5.96. The summed E-state index contributed by atoms with van der Waals surface area (Å²) in [6.07, 6.45) is 1.92. The number of halogens is 1. The first-order chi connectivity index (χ1) is 12.2. The quantitative estimate of drug-likeness (QED) is 0.801. The summed E-state index contributed by atoms with van der Waals surface area (Å²) in [7, 11) is 0. The normalized spacial score (nSPS) is 18.0. The van der Waals surface area contributed by atoms with Crippen LogP contribution in [0.15, 0.2) is 18.2 Å². The smallest absolute Gasteiger partial charge is 0.410 e. The second-order valence-corrected chi connectivity index (χ2v) is 8.77. The molecule has 1 N–H and O–H groups in total. The van der Waals surface area contributed by atoms with Gasteiger partial charge >= 0.3 is 6.09 Å². The summed E-state index contributed by atoms with van der Waals surface area (Å²) in [4.78, 5) is 31.2. The number of nitrogens with zero attached hydrogens (tertiary/aromatic N) is 2. The third kappa shape index (κ3) is 4.45. The lowest BCUT2D eigenvalue weighted by molar-refractivity contribution is -0.122. The molecule has 1 aliphatic rings. The van der Waals surface area contributed by atoms with Crippen LogP contribution in [0, 0.1) is 0 Å². The van der Waals surface area contributed by atoms with Gasteiger partial charge in [0.25, 0.3) is 0 Å². The second-order valence-electron chi connectivity index (χ2n) is 7.31. The molecule has 2 heterocycles. The number of likely N-dealkylation sites (tertiary alicyclic amines) is 1. The molecular formula is C18H22ClN3O3S. The lowest BCUT2D eigenvalue weighted by Crippen LogP contribution is -2.51. The number of fused-ring (bicyclic) bond motifs is 1. The number of nitrogens with one attached hydrogen (secondary N) is 1. The first-order valence-corrected chi connectivity index (χ1v) is 9.79. The number of thiazole rings is 1. The van der Waals surface area contributed by atoms with E-state index >= 15 is 0 Å². The summed E-state index contributed by atoms with van der Waals surface area (Å²) in [5.41, 5.74) is 0.146. The summed E-state index contributed by atoms with van der Waals surface area (Å²) in [5, 5.41) is 3.95. The largest absolute Gasteiger partial charge is 0.444 e. The molecule has 140 valence electrons. The molecule has 0 unspecified atom stereocenters. The van der Waals surface area contributed by atoms with Crippen molar-refractivity contribution in [3.05, 3.63) is 23.2 Å². The SMILES string of the molecule is CC(C)(C)OC(=O)N1CCCC[C@H]1C(=O)Nc1nc2cc(Cl)ccc2s1. The van der Waals surface area contributed by atoms with Gasteiger partial charge < -0.3 is 10.1 Å². The van der Waals surface area contributed by atoms with Crippen molar-refractivity contribution in [2.45, 2.75) is 51.7 Å². The Morgan fingerprint density at radius 1 is 1.35 bits per heavy atom. The van der Waals surface area contributed by atoms with Gasteiger partial charge in [0.05, 0.1) is 10.2 Å². The van der Waals surface area contributed by atoms with E-state index in [2.05, 4.69) is 10.3 Å². The van der Waals surface area contributed by atoms with E-state index in [1.807, 2.05) is 26.8 Å². The van der Waals surface area contributed by atoms with E-state index < -0.39 is 17.7 Å². The number of aromatic nitrogens is 1. The predicted octanol–water partition coefficient (Wildman–Crippen LogP) is 4.68. The van der Waals surface area contributed by atoms with Crippen molar-refractivity contribution in [3.63, 3.8) is 0 Å². The van der Waals surface area contributed by atoms with E-state index in [0.717, 1.165) is 23.1 Å². The first-order valence-electron chi connectivity index (χ1n) is 8.59. The number of piperidine rings is 1. The molecule has 8 heteroatoms. The zero-order valence-corrected chi connectivity index (χ0v) is 16.6. The number of ether oxygens (including phenoxy) is 1. The Bertz CT molecular complexity index is 831. The molecule has 1 aromatic heterocycles. The Kier molecular flexibility index (Phi) is 5.39. The molecule has 0 radical (unpaired) electrons. The van der Waals surface area contributed by atoms with Gasteiger partial charge in [-0.15, -0.1) is 0 Å². The molecule has 1 fully saturated rings. The maximum Gasteiger partial charge on any atom is 0.410 e. The van der Waals surface area contributed by atoms with Gasteiger partial charge in [0.2, 0.25) is 5.91 Å². The fourth-order valence-corrected chi connectivity index (χ4v) is 3.90. The summed E-state index contributed by atoms with van der Waals surface area (Å²) >= 11 is 7.36. The minimum absolute atomic E-state index is 0.235. The lowest BCUT2D eigenvalue weighted by atomic mass is 10.0. The number of carbonyl (C=O) groups excluding carboxylic acids is 2. The Hall–Kier alpha value is -1.86. The van der Waals surface area contributed by atoms with Gasteiger partial charge in [-0.05, 0) is 58.2 Å². The van der Waals surface area contributed by atoms with Crippen LogP contribution in [0.2, 0.25) is 5.02 Å². The van der Waals surface area contributed by atoms with E-state index in [1.54, 1.807) is 12.1 Å². The molecule has 26 heavy (non-hydrogen) atoms. The van der Waals surface area contributed by atoms with Crippen molar-refractivity contribution in [2.24, 2.45) is 0 Å². The van der Waals surface area contributed by atoms with E-state index in [-0.39, 0.29) is 5.91 Å². The Morgan fingerprint density at radius 3 is 2.85 bits per heavy atom. The number of anilines is 1. The molecule has 0 aliphatic carbocycles. The van der Waals surface area contributed by atoms with E-state index in [9.17, 15) is 9.59 Å². The molecule has 1 saturated heterocycles. The van der Waals surface area contributed by atoms with Gasteiger partial charge in [-0.25, -0.2) is 9.78 Å². The zero-order valence-electron chi connectivity index (χ0n) is 15.0. The predicted molar refractivity (Wildman–Crippen MR) is 104 cm³/mol. The topological polar surface area (TPSA) is 71.5 Å². The van der Waals surface area contributed by atoms with Crippen molar-refractivity contribution in [1.29, 1.82) is 0 Å². The summed E-state index contributed by atoms with van der Waals surface area (Å²) < 4.78 is 6.39. The molecule has 0 saturated carbocycles. The van der Waals surface area contributed by atoms with Gasteiger partial charge in [-0.2, -0.15) is 0 Å². The maximum atomic E-state index is 12.8. The molecule has 2 amide bonds. The minimum Gasteiger partial charge on any atom is -0.444 e. The lowest BCUT2D eigenvalue weighted by Gasteiger charge is -2.35. The van der Waals surface area contributed by atoms with Crippen molar-refractivity contribution in [1.82, 2.24) is 9.88 Å². The third-order valence-electron chi connectivity index (χ3n) is 4.01. The monoisotopic (exact) mass is 395 g/mol. The third-order valence-corrected chi connectivity index (χ3v) is 5.20. The Labute approximate surface area is 161 Å². The van der Waals surface area contributed by atoms with Crippen LogP contribution in [0.3, 0.4) is 0 Å². The van der Waals surface area contributed by atoms with Gasteiger partial charge in [0.15, 0.2) is 5.13 Å². The van der Waals surface area contributed by atoms with E-state index in [1.165, 1.54) is 16.2 Å². The highest BCUT2D eigenvalue weighted by Crippen LogP contribution is 2.29. The molecule has 0 bridgehead atoms. The van der Waals surface area contributed by atoms with Gasteiger partial charge in [-0.1, -0.05) is 22.9 Å². The number of hydrogen-bond acceptors (Lipinski definition) is 5. The summed E-state index contributed by atoms with van der Waals surface area (Å²) in [6, 6.07) is 4.88. The van der Waals surface area contributed by atoms with Crippen molar-refractivity contribution in [2.75, 3.05) is 11.9 Å². The Balaban J connectivity index is 1.74. The van der Waals surface area contributed by atoms with Crippen LogP contribution in [0.1, 0.15) is 40.0 Å². The average molecular weight is 396 g/mol. The van der Waals surface area contributed by atoms with Crippen molar-refractivity contribution in [3.8, 4) is 0 Å². The molecule has 3 rings (SSSR count). The minimum atomic E-state index is -0.595. The highest BCUT2D eigenvalue weighted by Gasteiger charge is 2.35. The summed E-state index contributed by atoms with van der Waals surface area (Å²) in [5.74, 6) is -0.235. The van der Waals surface area contributed by atoms with Gasteiger partial charge in [0, 0.05) is 11.6 Å². The number of benzene rings is 1. The maximum absolute atomic E-state index is 12.8. The van der Waals surface area contributed by atoms with Gasteiger partial charge in [-0.3, -0.25) is 9.69 Å². The molecule has 1 atom stereocenters. The van der Waals surface area contributed by atoms with Crippen LogP contribution in [-0.4, -0.2) is 40.1 Å². The van der Waals surface area contributed by atoms with Crippen LogP contribution in [0.25, 0.3) is 10.2 Å². The van der Waals surface area contributed by atoms with Crippen LogP contribution >= 0.6 is 22.9 Å². The molecule has 0 spiro atoms. The first kappa shape index (κ1) is 18.9. The van der Waals surface area contributed by atoms with Crippen molar-refractivity contribution < 1.29 is 14.3 Å². The van der Waals surface area contributed by atoms with E-state index in [0.29, 0.717) is 23.1 Å². The number of amides is 2. The van der Waals surface area contributed by atoms with Crippen LogP contribution in [0.4, 0.5) is 9.93 Å². The number of hydrogen-bond donors (Lipinski definition) is 1. The Morgan fingerprint density at radius 2 is 2.12 bits per heavy atom. The standard InChI is InChI=1S/C18H22ClN3O3S/c1-18(2,3)25-17(24)22-9-5-4-6-13(22)15(23)21-16-20-12-10-11(19)7-8-14(12)26-16/h7-8,10,13H,4-6,9H2,1-3H3,(H,20,21,23)/t13-/m0/s1. The van der Waals surface area contributed by atoms with Crippen molar-refractivity contribution >= 4 is 50.3 Å². The molecule has 1 aromatic carbocycles. The zero-order chi connectivity index (χ0) is 18.9.